The number of rotatable bonds is 4. The number of nitrogens with one attached hydrogen (secondary N) is 2. The summed E-state index contributed by atoms with van der Waals surface area (Å²) in [6.45, 7) is 7.51. The van der Waals surface area contributed by atoms with E-state index in [4.69, 9.17) is 0 Å². The first kappa shape index (κ1) is 17.0. The van der Waals surface area contributed by atoms with Crippen molar-refractivity contribution in [1.82, 2.24) is 5.32 Å². The Kier molecular flexibility index (Phi) is 4.74. The molecule has 25 heavy (non-hydrogen) atoms. The van der Waals surface area contributed by atoms with Crippen molar-refractivity contribution >= 4 is 23.3 Å². The van der Waals surface area contributed by atoms with Crippen LogP contribution in [-0.2, 0) is 0 Å². The monoisotopic (exact) mass is 337 g/mol. The quantitative estimate of drug-likeness (QED) is 0.889. The molecule has 0 unspecified atom stereocenters. The smallest absolute Gasteiger partial charge is 0.321 e. The standard InChI is InChI=1S/C20H23N3O2/c1-13(2)17-6-4-5-14(3)18(17)22-19(24)15-7-9-16(10-8-15)23-12-11-21-20(23)25/h4-10,13H,11-12H2,1-3H3,(H,21,25)(H,22,24). The van der Waals surface area contributed by atoms with Gasteiger partial charge in [0.15, 0.2) is 0 Å². The largest absolute Gasteiger partial charge is 0.336 e. The minimum atomic E-state index is -0.145. The second-order valence-corrected chi connectivity index (χ2v) is 6.58. The Balaban J connectivity index is 1.79. The van der Waals surface area contributed by atoms with Gasteiger partial charge in [-0.1, -0.05) is 32.0 Å². The molecule has 3 amide bonds. The Morgan fingerprint density at radius 2 is 1.88 bits per heavy atom. The SMILES string of the molecule is Cc1cccc(C(C)C)c1NC(=O)c1ccc(N2CCNC2=O)cc1. The van der Waals surface area contributed by atoms with Crippen molar-refractivity contribution in [2.24, 2.45) is 0 Å². The topological polar surface area (TPSA) is 61.4 Å². The van der Waals surface area contributed by atoms with Gasteiger partial charge >= 0.3 is 6.03 Å². The second kappa shape index (κ2) is 6.97. The molecule has 2 N–H and O–H groups in total. The number of hydrogen-bond donors (Lipinski definition) is 2. The summed E-state index contributed by atoms with van der Waals surface area (Å²) in [4.78, 5) is 26.0. The molecule has 2 aromatic rings. The van der Waals surface area contributed by atoms with Crippen LogP contribution in [0.3, 0.4) is 0 Å². The maximum Gasteiger partial charge on any atom is 0.321 e. The van der Waals surface area contributed by atoms with Crippen LogP contribution in [-0.4, -0.2) is 25.0 Å². The van der Waals surface area contributed by atoms with Crippen LogP contribution in [0.1, 0.15) is 41.3 Å². The molecule has 0 aliphatic carbocycles. The van der Waals surface area contributed by atoms with Crippen molar-refractivity contribution in [3.05, 3.63) is 59.2 Å². The molecule has 1 heterocycles. The van der Waals surface area contributed by atoms with Crippen molar-refractivity contribution in [1.29, 1.82) is 0 Å². The van der Waals surface area contributed by atoms with E-state index >= 15 is 0 Å². The van der Waals surface area contributed by atoms with Crippen LogP contribution < -0.4 is 15.5 Å². The highest BCUT2D eigenvalue weighted by atomic mass is 16.2. The third-order valence-electron chi connectivity index (χ3n) is 4.46. The zero-order chi connectivity index (χ0) is 18.0. The van der Waals surface area contributed by atoms with Gasteiger partial charge in [-0.2, -0.15) is 0 Å². The maximum absolute atomic E-state index is 12.6. The molecule has 0 aromatic heterocycles. The number of carbonyl (C=O) groups is 2. The van der Waals surface area contributed by atoms with Gasteiger partial charge in [0.2, 0.25) is 0 Å². The maximum atomic E-state index is 12.6. The molecule has 1 aliphatic heterocycles. The van der Waals surface area contributed by atoms with Crippen molar-refractivity contribution < 1.29 is 9.59 Å². The van der Waals surface area contributed by atoms with E-state index in [1.807, 2.05) is 25.1 Å². The lowest BCUT2D eigenvalue weighted by molar-refractivity contribution is 0.102. The van der Waals surface area contributed by atoms with Crippen LogP contribution in [0.5, 0.6) is 0 Å². The number of anilines is 2. The van der Waals surface area contributed by atoms with E-state index in [9.17, 15) is 9.59 Å². The van der Waals surface area contributed by atoms with Gasteiger partial charge in [-0.3, -0.25) is 9.69 Å². The molecule has 0 bridgehead atoms. The number of nitrogens with zero attached hydrogens (tertiary/aromatic N) is 1. The number of para-hydroxylation sites is 1. The molecule has 5 heteroatoms. The summed E-state index contributed by atoms with van der Waals surface area (Å²) in [6, 6.07) is 13.1. The highest BCUT2D eigenvalue weighted by Gasteiger charge is 2.21. The van der Waals surface area contributed by atoms with E-state index in [1.54, 1.807) is 29.2 Å². The predicted octanol–water partition coefficient (Wildman–Crippen LogP) is 3.90. The molecule has 0 saturated carbocycles. The number of carbonyl (C=O) groups excluding carboxylic acids is 2. The van der Waals surface area contributed by atoms with Gasteiger partial charge in [0, 0.05) is 30.0 Å². The molecule has 1 fully saturated rings. The Morgan fingerprint density at radius 1 is 1.16 bits per heavy atom. The molecule has 0 atom stereocenters. The van der Waals surface area contributed by atoms with Gasteiger partial charge in [0.05, 0.1) is 0 Å². The minimum Gasteiger partial charge on any atom is -0.336 e. The van der Waals surface area contributed by atoms with E-state index in [1.165, 1.54) is 0 Å². The summed E-state index contributed by atoms with van der Waals surface area (Å²) >= 11 is 0. The van der Waals surface area contributed by atoms with Gasteiger partial charge < -0.3 is 10.6 Å². The highest BCUT2D eigenvalue weighted by molar-refractivity contribution is 6.05. The average molecular weight is 337 g/mol. The van der Waals surface area contributed by atoms with Crippen LogP contribution in [0.25, 0.3) is 0 Å². The Hall–Kier alpha value is -2.82. The molecular weight excluding hydrogens is 314 g/mol. The number of benzene rings is 2. The fourth-order valence-corrected chi connectivity index (χ4v) is 3.04. The molecular formula is C20H23N3O2. The summed E-state index contributed by atoms with van der Waals surface area (Å²) in [6.07, 6.45) is 0. The van der Waals surface area contributed by atoms with Crippen LogP contribution >= 0.6 is 0 Å². The zero-order valence-corrected chi connectivity index (χ0v) is 14.8. The molecule has 5 nitrogen and oxygen atoms in total. The average Bonchev–Trinajstić information content (AvgIpc) is 3.02. The Labute approximate surface area is 148 Å². The number of urea groups is 1. The van der Waals surface area contributed by atoms with E-state index in [0.717, 1.165) is 22.5 Å². The first-order valence-corrected chi connectivity index (χ1v) is 8.53. The predicted molar refractivity (Wildman–Crippen MR) is 100 cm³/mol. The third-order valence-corrected chi connectivity index (χ3v) is 4.46. The van der Waals surface area contributed by atoms with Crippen molar-refractivity contribution in [2.45, 2.75) is 26.7 Å². The molecule has 0 spiro atoms. The first-order chi connectivity index (χ1) is 12.0. The molecule has 3 rings (SSSR count). The number of amides is 3. The molecule has 130 valence electrons. The lowest BCUT2D eigenvalue weighted by atomic mass is 9.98. The van der Waals surface area contributed by atoms with Crippen molar-refractivity contribution in [3.63, 3.8) is 0 Å². The second-order valence-electron chi connectivity index (χ2n) is 6.58. The molecule has 2 aromatic carbocycles. The number of aryl methyl sites for hydroxylation is 1. The minimum absolute atomic E-state index is 0.0984. The van der Waals surface area contributed by atoms with Crippen molar-refractivity contribution in [3.8, 4) is 0 Å². The fourth-order valence-electron chi connectivity index (χ4n) is 3.04. The Bertz CT molecular complexity index is 797. The van der Waals surface area contributed by atoms with Crippen molar-refractivity contribution in [2.75, 3.05) is 23.3 Å². The van der Waals surface area contributed by atoms with Crippen LogP contribution in [0.4, 0.5) is 16.2 Å². The zero-order valence-electron chi connectivity index (χ0n) is 14.8. The highest BCUT2D eigenvalue weighted by Crippen LogP contribution is 2.28. The normalized spacial score (nSPS) is 13.9. The molecule has 0 radical (unpaired) electrons. The van der Waals surface area contributed by atoms with Gasteiger partial charge in [-0.15, -0.1) is 0 Å². The fraction of sp³-hybridized carbons (Fsp3) is 0.300. The van der Waals surface area contributed by atoms with E-state index < -0.39 is 0 Å². The summed E-state index contributed by atoms with van der Waals surface area (Å²) in [5, 5.41) is 5.81. The summed E-state index contributed by atoms with van der Waals surface area (Å²) in [5.41, 5.74) is 4.42. The third kappa shape index (κ3) is 3.50. The summed E-state index contributed by atoms with van der Waals surface area (Å²) < 4.78 is 0. The first-order valence-electron chi connectivity index (χ1n) is 8.53. The Morgan fingerprint density at radius 3 is 2.48 bits per heavy atom. The van der Waals surface area contributed by atoms with Gasteiger partial charge in [0.25, 0.3) is 5.91 Å². The lowest BCUT2D eigenvalue weighted by Crippen LogP contribution is -2.27. The number of hydrogen-bond acceptors (Lipinski definition) is 2. The van der Waals surface area contributed by atoms with Gasteiger partial charge in [-0.05, 0) is 48.2 Å². The summed E-state index contributed by atoms with van der Waals surface area (Å²) in [7, 11) is 0. The van der Waals surface area contributed by atoms with Crippen LogP contribution in [0.15, 0.2) is 42.5 Å². The van der Waals surface area contributed by atoms with E-state index in [2.05, 4.69) is 24.5 Å². The van der Waals surface area contributed by atoms with E-state index in [-0.39, 0.29) is 11.9 Å². The molecule has 1 saturated heterocycles. The van der Waals surface area contributed by atoms with Gasteiger partial charge in [-0.25, -0.2) is 4.79 Å². The summed E-state index contributed by atoms with van der Waals surface area (Å²) in [5.74, 6) is 0.180. The van der Waals surface area contributed by atoms with E-state index in [0.29, 0.717) is 24.6 Å². The molecule has 1 aliphatic rings. The van der Waals surface area contributed by atoms with Gasteiger partial charge in [0.1, 0.15) is 0 Å². The van der Waals surface area contributed by atoms with Crippen LogP contribution in [0, 0.1) is 6.92 Å². The van der Waals surface area contributed by atoms with Crippen LogP contribution in [0.2, 0.25) is 0 Å². The lowest BCUT2D eigenvalue weighted by Gasteiger charge is -2.17.